The van der Waals surface area contributed by atoms with Gasteiger partial charge >= 0.3 is 0 Å². The van der Waals surface area contributed by atoms with E-state index in [2.05, 4.69) is 350 Å². The van der Waals surface area contributed by atoms with Gasteiger partial charge in [0.05, 0.1) is 22.1 Å². The largest absolute Gasteiger partial charge is 0.310 e. The lowest BCUT2D eigenvalue weighted by atomic mass is 9.66. The molecule has 86 heavy (non-hydrogen) atoms. The summed E-state index contributed by atoms with van der Waals surface area (Å²) in [6, 6.07) is 120. The summed E-state index contributed by atoms with van der Waals surface area (Å²) in [4.78, 5) is 5.02. The fourth-order valence-electron chi connectivity index (χ4n) is 14.3. The first-order valence-corrected chi connectivity index (χ1v) is 29.8. The van der Waals surface area contributed by atoms with Crippen LogP contribution in [0.1, 0.15) is 33.4 Å². The Bertz CT molecular complexity index is 5050. The van der Waals surface area contributed by atoms with Crippen LogP contribution in [-0.2, 0) is 5.41 Å². The van der Waals surface area contributed by atoms with Gasteiger partial charge in [0.1, 0.15) is 0 Å². The molecular weight excluding hydrogens is 1040 g/mol. The molecule has 0 spiro atoms. The van der Waals surface area contributed by atoms with Crippen molar-refractivity contribution in [1.82, 2.24) is 4.57 Å². The maximum atomic E-state index is 2.55. The Hall–Kier alpha value is -11.0. The molecule has 15 aromatic rings. The predicted octanol–water partition coefficient (Wildman–Crippen LogP) is 22.3. The van der Waals surface area contributed by atoms with Crippen LogP contribution >= 0.6 is 0 Å². The van der Waals surface area contributed by atoms with E-state index in [1.807, 2.05) is 0 Å². The molecule has 3 nitrogen and oxygen atoms in total. The number of benzene rings is 14. The third-order valence-corrected chi connectivity index (χ3v) is 17.8. The van der Waals surface area contributed by atoms with E-state index < -0.39 is 5.41 Å². The molecule has 1 aromatic heterocycles. The van der Waals surface area contributed by atoms with E-state index in [4.69, 9.17) is 0 Å². The molecule has 406 valence electrons. The van der Waals surface area contributed by atoms with Gasteiger partial charge in [-0.25, -0.2) is 0 Å². The number of aromatic nitrogens is 1. The summed E-state index contributed by atoms with van der Waals surface area (Å²) < 4.78 is 2.51. The van der Waals surface area contributed by atoms with E-state index in [0.717, 1.165) is 62.0 Å². The standard InChI is InChI=1S/C83H59N3/c1-56-24-18-38-65(50-56)84(67-40-20-30-60(52-67)72-45-22-28-58-26-12-14-42-70(58)72)69-48-49-74-76(54-69)83(62-32-6-3-7-33-62,63-34-8-4-9-35-63)82-80(74)78(55-79-81(82)75-44-16-17-47-77(75)86(79)64-36-10-5-11-37-64)85(66-39-19-25-57(2)51-66)68-41-21-31-61(53-68)73-46-23-29-59-27-13-15-43-71(59)73/h3-55H,1-2H3. The number of para-hydroxylation sites is 2. The lowest BCUT2D eigenvalue weighted by Gasteiger charge is -2.36. The Morgan fingerprint density at radius 2 is 0.767 bits per heavy atom. The maximum Gasteiger partial charge on any atom is 0.0721 e. The van der Waals surface area contributed by atoms with Gasteiger partial charge in [-0.2, -0.15) is 0 Å². The zero-order valence-corrected chi connectivity index (χ0v) is 47.9. The first-order chi connectivity index (χ1) is 42.5. The van der Waals surface area contributed by atoms with Crippen molar-refractivity contribution < 1.29 is 0 Å². The molecule has 3 heteroatoms. The minimum Gasteiger partial charge on any atom is -0.310 e. The summed E-state index contributed by atoms with van der Waals surface area (Å²) in [7, 11) is 0. The van der Waals surface area contributed by atoms with Gasteiger partial charge in [-0.1, -0.05) is 237 Å². The molecule has 0 saturated heterocycles. The Labute approximate surface area is 502 Å². The molecule has 1 aliphatic rings. The molecule has 16 rings (SSSR count). The zero-order valence-electron chi connectivity index (χ0n) is 47.9. The van der Waals surface area contributed by atoms with Crippen molar-refractivity contribution in [2.45, 2.75) is 19.3 Å². The van der Waals surface area contributed by atoms with Gasteiger partial charge in [0.25, 0.3) is 0 Å². The van der Waals surface area contributed by atoms with Crippen LogP contribution in [0.4, 0.5) is 34.1 Å². The number of hydrogen-bond acceptors (Lipinski definition) is 2. The number of fused-ring (bicyclic) bond motifs is 9. The Balaban J connectivity index is 1.05. The Morgan fingerprint density at radius 3 is 1.35 bits per heavy atom. The van der Waals surface area contributed by atoms with Crippen LogP contribution < -0.4 is 9.80 Å². The van der Waals surface area contributed by atoms with E-state index in [1.54, 1.807) is 0 Å². The highest BCUT2D eigenvalue weighted by Crippen LogP contribution is 2.64. The molecule has 0 radical (unpaired) electrons. The van der Waals surface area contributed by atoms with Crippen molar-refractivity contribution in [3.8, 4) is 39.1 Å². The first-order valence-electron chi connectivity index (χ1n) is 29.8. The molecule has 0 unspecified atom stereocenters. The third kappa shape index (κ3) is 8.19. The second kappa shape index (κ2) is 20.7. The van der Waals surface area contributed by atoms with Crippen LogP contribution in [0, 0.1) is 13.8 Å². The van der Waals surface area contributed by atoms with Gasteiger partial charge < -0.3 is 14.4 Å². The van der Waals surface area contributed by atoms with Crippen LogP contribution in [0.3, 0.4) is 0 Å². The van der Waals surface area contributed by atoms with Gasteiger partial charge in [-0.05, 0) is 182 Å². The highest BCUT2D eigenvalue weighted by molar-refractivity contribution is 6.18. The summed E-state index contributed by atoms with van der Waals surface area (Å²) in [5.74, 6) is 0. The van der Waals surface area contributed by atoms with Crippen molar-refractivity contribution in [1.29, 1.82) is 0 Å². The molecule has 0 saturated carbocycles. The van der Waals surface area contributed by atoms with Crippen molar-refractivity contribution in [3.05, 3.63) is 355 Å². The fraction of sp³-hybridized carbons (Fsp3) is 0.0361. The quantitative estimate of drug-likeness (QED) is 0.128. The van der Waals surface area contributed by atoms with Crippen molar-refractivity contribution in [2.75, 3.05) is 9.80 Å². The molecular formula is C83H59N3. The van der Waals surface area contributed by atoms with Crippen LogP contribution in [-0.4, -0.2) is 4.57 Å². The molecule has 0 fully saturated rings. The van der Waals surface area contributed by atoms with Crippen LogP contribution in [0.25, 0.3) is 82.4 Å². The Morgan fingerprint density at radius 1 is 0.314 bits per heavy atom. The lowest BCUT2D eigenvalue weighted by molar-refractivity contribution is 0.776. The molecule has 1 heterocycles. The summed E-state index contributed by atoms with van der Waals surface area (Å²) in [5, 5.41) is 7.32. The summed E-state index contributed by atoms with van der Waals surface area (Å²) >= 11 is 0. The average Bonchev–Trinajstić information content (AvgIpc) is 1.76. The number of anilines is 6. The smallest absolute Gasteiger partial charge is 0.0721 e. The van der Waals surface area contributed by atoms with Crippen LogP contribution in [0.15, 0.2) is 322 Å². The fourth-order valence-corrected chi connectivity index (χ4v) is 14.3. The number of hydrogen-bond donors (Lipinski definition) is 0. The topological polar surface area (TPSA) is 11.4 Å². The van der Waals surface area contributed by atoms with E-state index in [0.29, 0.717) is 0 Å². The van der Waals surface area contributed by atoms with Gasteiger partial charge in [0.15, 0.2) is 0 Å². The number of aryl methyl sites for hydroxylation is 2. The van der Waals surface area contributed by atoms with Gasteiger partial charge in [0.2, 0.25) is 0 Å². The average molecular weight is 1100 g/mol. The van der Waals surface area contributed by atoms with E-state index in [1.165, 1.54) is 88.0 Å². The molecule has 0 N–H and O–H groups in total. The molecule has 0 atom stereocenters. The second-order valence-corrected chi connectivity index (χ2v) is 22.9. The predicted molar refractivity (Wildman–Crippen MR) is 363 cm³/mol. The third-order valence-electron chi connectivity index (χ3n) is 17.8. The van der Waals surface area contributed by atoms with Crippen LogP contribution in [0.5, 0.6) is 0 Å². The molecule has 0 amide bonds. The summed E-state index contributed by atoms with van der Waals surface area (Å²) in [5.41, 5.74) is 23.3. The molecule has 0 aliphatic heterocycles. The molecule has 1 aliphatic carbocycles. The monoisotopic (exact) mass is 1100 g/mol. The van der Waals surface area contributed by atoms with Crippen molar-refractivity contribution >= 4 is 77.5 Å². The van der Waals surface area contributed by atoms with Crippen molar-refractivity contribution in [3.63, 3.8) is 0 Å². The van der Waals surface area contributed by atoms with E-state index in [9.17, 15) is 0 Å². The highest BCUT2D eigenvalue weighted by atomic mass is 15.2. The van der Waals surface area contributed by atoms with Gasteiger partial charge in [-0.3, -0.25) is 0 Å². The second-order valence-electron chi connectivity index (χ2n) is 22.9. The summed E-state index contributed by atoms with van der Waals surface area (Å²) in [6.07, 6.45) is 0. The molecule has 14 aromatic carbocycles. The minimum atomic E-state index is -0.852. The van der Waals surface area contributed by atoms with Gasteiger partial charge in [0, 0.05) is 50.5 Å². The van der Waals surface area contributed by atoms with Gasteiger partial charge in [-0.15, -0.1) is 0 Å². The number of rotatable bonds is 11. The summed E-state index contributed by atoms with van der Waals surface area (Å²) in [6.45, 7) is 4.40. The number of nitrogens with zero attached hydrogens (tertiary/aromatic N) is 3. The SMILES string of the molecule is Cc1cccc(N(c2cccc(-c3cccc4ccccc34)c2)c2ccc3c(c2)C(c2ccccc2)(c2ccccc2)c2c-3c(N(c3cccc(C)c3)c3cccc(-c4cccc5ccccc45)c3)cc3c2c2ccccc2n3-c2ccccc2)c1. The highest BCUT2D eigenvalue weighted by Gasteiger charge is 2.50. The zero-order chi connectivity index (χ0) is 57.3. The van der Waals surface area contributed by atoms with Crippen molar-refractivity contribution in [2.24, 2.45) is 0 Å². The molecule has 0 bridgehead atoms. The van der Waals surface area contributed by atoms with E-state index >= 15 is 0 Å². The minimum absolute atomic E-state index is 0.852. The lowest BCUT2D eigenvalue weighted by Crippen LogP contribution is -2.29. The Kier molecular flexibility index (Phi) is 12.2. The first kappa shape index (κ1) is 50.7. The van der Waals surface area contributed by atoms with E-state index in [-0.39, 0.29) is 0 Å². The maximum absolute atomic E-state index is 2.55. The normalized spacial score (nSPS) is 12.4. The van der Waals surface area contributed by atoms with Crippen LogP contribution in [0.2, 0.25) is 0 Å².